The van der Waals surface area contributed by atoms with E-state index in [-0.39, 0.29) is 18.4 Å². The number of aliphatic hydroxyl groups excluding tert-OH is 1. The van der Waals surface area contributed by atoms with Crippen LogP contribution in [0.2, 0.25) is 0 Å². The second-order valence-electron chi connectivity index (χ2n) is 7.52. The molecule has 1 heterocycles. The molecule has 1 fully saturated rings. The van der Waals surface area contributed by atoms with E-state index in [0.29, 0.717) is 37.2 Å². The Morgan fingerprint density at radius 3 is 2.63 bits per heavy atom. The molecule has 160 valence electrons. The summed E-state index contributed by atoms with van der Waals surface area (Å²) in [7, 11) is 0. The molecule has 0 saturated carbocycles. The van der Waals surface area contributed by atoms with Crippen LogP contribution in [0.4, 0.5) is 11.4 Å². The highest BCUT2D eigenvalue weighted by Crippen LogP contribution is 2.26. The maximum absolute atomic E-state index is 13.1. The van der Waals surface area contributed by atoms with E-state index < -0.39 is 12.1 Å². The summed E-state index contributed by atoms with van der Waals surface area (Å²) >= 11 is 0. The van der Waals surface area contributed by atoms with Crippen molar-refractivity contribution in [3.63, 3.8) is 0 Å². The summed E-state index contributed by atoms with van der Waals surface area (Å²) in [6.45, 7) is 3.36. The zero-order valence-corrected chi connectivity index (χ0v) is 17.3. The first-order valence-electron chi connectivity index (χ1n) is 10.4. The number of anilines is 2. The number of carbonyl (C=O) groups excluding carboxylic acids is 2. The molecule has 2 aromatic carbocycles. The number of aliphatic hydroxyl groups is 1. The topological polar surface area (TPSA) is 108 Å². The Labute approximate surface area is 177 Å². The number of hydrogen-bond acceptors (Lipinski definition) is 5. The molecule has 7 nitrogen and oxygen atoms in total. The molecule has 2 atom stereocenters. The van der Waals surface area contributed by atoms with E-state index in [1.165, 1.54) is 0 Å². The molecular weight excluding hydrogens is 380 g/mol. The van der Waals surface area contributed by atoms with Crippen LogP contribution < -0.4 is 21.3 Å². The van der Waals surface area contributed by atoms with Crippen molar-refractivity contribution in [2.24, 2.45) is 5.73 Å². The zero-order valence-electron chi connectivity index (χ0n) is 17.3. The highest BCUT2D eigenvalue weighted by Gasteiger charge is 2.25. The van der Waals surface area contributed by atoms with E-state index in [1.54, 1.807) is 17.0 Å². The fourth-order valence-electron chi connectivity index (χ4n) is 3.69. The normalized spacial score (nSPS) is 15.7. The van der Waals surface area contributed by atoms with Crippen LogP contribution in [0.1, 0.15) is 35.7 Å². The number of hydrogen-bond donors (Lipinski definition) is 4. The molecule has 5 N–H and O–H groups in total. The Hall–Kier alpha value is -2.90. The molecule has 1 aliphatic heterocycles. The van der Waals surface area contributed by atoms with Crippen molar-refractivity contribution in [1.82, 2.24) is 5.32 Å². The highest BCUT2D eigenvalue weighted by atomic mass is 16.3. The van der Waals surface area contributed by atoms with E-state index >= 15 is 0 Å². The highest BCUT2D eigenvalue weighted by molar-refractivity contribution is 6.00. The molecule has 1 saturated heterocycles. The maximum atomic E-state index is 13.1. The van der Waals surface area contributed by atoms with E-state index in [9.17, 15) is 14.7 Å². The van der Waals surface area contributed by atoms with Gasteiger partial charge in [0, 0.05) is 43.0 Å². The van der Waals surface area contributed by atoms with E-state index in [1.807, 2.05) is 43.3 Å². The van der Waals surface area contributed by atoms with Gasteiger partial charge in [-0.25, -0.2) is 0 Å². The van der Waals surface area contributed by atoms with Gasteiger partial charge in [0.1, 0.15) is 0 Å². The molecule has 0 aliphatic carbocycles. The molecule has 0 aromatic heterocycles. The lowest BCUT2D eigenvalue weighted by atomic mass is 10.0. The van der Waals surface area contributed by atoms with Crippen LogP contribution in [0.3, 0.4) is 0 Å². The second kappa shape index (κ2) is 10.2. The van der Waals surface area contributed by atoms with Crippen LogP contribution in [0.15, 0.2) is 48.5 Å². The Bertz CT molecular complexity index is 872. The predicted octanol–water partition coefficient (Wildman–Crippen LogP) is 1.91. The lowest BCUT2D eigenvalue weighted by Crippen LogP contribution is -2.47. The van der Waals surface area contributed by atoms with Crippen molar-refractivity contribution in [2.75, 3.05) is 29.9 Å². The lowest BCUT2D eigenvalue weighted by molar-refractivity contribution is -0.117. The summed E-state index contributed by atoms with van der Waals surface area (Å²) in [5.74, 6) is -0.244. The van der Waals surface area contributed by atoms with Gasteiger partial charge in [0.15, 0.2) is 0 Å². The van der Waals surface area contributed by atoms with Crippen LogP contribution in [-0.2, 0) is 11.2 Å². The van der Waals surface area contributed by atoms with Crippen molar-refractivity contribution >= 4 is 23.2 Å². The van der Waals surface area contributed by atoms with Gasteiger partial charge in [-0.15, -0.1) is 0 Å². The first-order chi connectivity index (χ1) is 14.5. The molecule has 2 aromatic rings. The fraction of sp³-hybridized carbons (Fsp3) is 0.391. The number of amides is 2. The smallest absolute Gasteiger partial charge is 0.251 e. The minimum absolute atomic E-state index is 0.0444. The Balaban J connectivity index is 1.84. The van der Waals surface area contributed by atoms with E-state index in [0.717, 1.165) is 17.7 Å². The fourth-order valence-corrected chi connectivity index (χ4v) is 3.69. The molecule has 3 rings (SSSR count). The first kappa shape index (κ1) is 21.8. The van der Waals surface area contributed by atoms with Crippen molar-refractivity contribution in [1.29, 1.82) is 0 Å². The standard InChI is InChI=1S/C23H30N4O3/c1-2-25-18-12-17(13-19(14-18)27-10-6-9-22(27)29)23(30)26-20(21(28)15-24)11-16-7-4-3-5-8-16/h3-5,7-8,12-14,20-21,25,28H,2,6,9-11,15,24H2,1H3,(H,26,30). The monoisotopic (exact) mass is 410 g/mol. The number of rotatable bonds is 9. The number of nitrogens with zero attached hydrogens (tertiary/aromatic N) is 1. The van der Waals surface area contributed by atoms with Gasteiger partial charge in [0.05, 0.1) is 12.1 Å². The third kappa shape index (κ3) is 5.37. The molecule has 0 spiro atoms. The predicted molar refractivity (Wildman–Crippen MR) is 119 cm³/mol. The Morgan fingerprint density at radius 1 is 1.23 bits per heavy atom. The Morgan fingerprint density at radius 2 is 2.00 bits per heavy atom. The van der Waals surface area contributed by atoms with Crippen molar-refractivity contribution in [3.05, 3.63) is 59.7 Å². The van der Waals surface area contributed by atoms with Gasteiger partial charge < -0.3 is 26.4 Å². The second-order valence-corrected chi connectivity index (χ2v) is 7.52. The summed E-state index contributed by atoms with van der Waals surface area (Å²) in [6, 6.07) is 14.5. The molecule has 0 radical (unpaired) electrons. The van der Waals surface area contributed by atoms with E-state index in [2.05, 4.69) is 10.6 Å². The van der Waals surface area contributed by atoms with Gasteiger partial charge in [-0.3, -0.25) is 9.59 Å². The summed E-state index contributed by atoms with van der Waals surface area (Å²) in [5.41, 5.74) is 8.59. The first-order valence-corrected chi connectivity index (χ1v) is 10.4. The minimum atomic E-state index is -0.870. The van der Waals surface area contributed by atoms with Crippen molar-refractivity contribution in [2.45, 2.75) is 38.3 Å². The molecule has 30 heavy (non-hydrogen) atoms. The van der Waals surface area contributed by atoms with Gasteiger partial charge >= 0.3 is 0 Å². The van der Waals surface area contributed by atoms with Gasteiger partial charge in [0.25, 0.3) is 5.91 Å². The average Bonchev–Trinajstić information content (AvgIpc) is 3.19. The van der Waals surface area contributed by atoms with Crippen LogP contribution >= 0.6 is 0 Å². The summed E-state index contributed by atoms with van der Waals surface area (Å²) in [4.78, 5) is 27.0. The number of benzene rings is 2. The summed E-state index contributed by atoms with van der Waals surface area (Å²) in [6.07, 6.45) is 0.934. The van der Waals surface area contributed by atoms with Gasteiger partial charge in [0.2, 0.25) is 5.91 Å². The van der Waals surface area contributed by atoms with Crippen LogP contribution in [0, 0.1) is 0 Å². The maximum Gasteiger partial charge on any atom is 0.251 e. The number of nitrogens with one attached hydrogen (secondary N) is 2. The summed E-state index contributed by atoms with van der Waals surface area (Å²) < 4.78 is 0. The lowest BCUT2D eigenvalue weighted by Gasteiger charge is -2.24. The molecule has 0 bridgehead atoms. The molecular formula is C23H30N4O3. The number of carbonyl (C=O) groups is 2. The third-order valence-electron chi connectivity index (χ3n) is 5.27. The number of nitrogens with two attached hydrogens (primary N) is 1. The van der Waals surface area contributed by atoms with Crippen molar-refractivity contribution < 1.29 is 14.7 Å². The zero-order chi connectivity index (χ0) is 21.5. The molecule has 7 heteroatoms. The Kier molecular flexibility index (Phi) is 7.43. The SMILES string of the molecule is CCNc1cc(C(=O)NC(Cc2ccccc2)C(O)CN)cc(N2CCCC2=O)c1. The van der Waals surface area contributed by atoms with Crippen LogP contribution in [0.25, 0.3) is 0 Å². The average molecular weight is 411 g/mol. The van der Waals surface area contributed by atoms with Crippen LogP contribution in [-0.4, -0.2) is 48.7 Å². The largest absolute Gasteiger partial charge is 0.390 e. The quantitative estimate of drug-likeness (QED) is 0.505. The molecule has 2 amide bonds. The van der Waals surface area contributed by atoms with Gasteiger partial charge in [-0.2, -0.15) is 0 Å². The van der Waals surface area contributed by atoms with Crippen molar-refractivity contribution in [3.8, 4) is 0 Å². The summed E-state index contributed by atoms with van der Waals surface area (Å²) in [5, 5.41) is 16.5. The van der Waals surface area contributed by atoms with Gasteiger partial charge in [-0.1, -0.05) is 30.3 Å². The van der Waals surface area contributed by atoms with E-state index in [4.69, 9.17) is 5.73 Å². The minimum Gasteiger partial charge on any atom is -0.390 e. The molecule has 1 aliphatic rings. The molecule has 2 unspecified atom stereocenters. The van der Waals surface area contributed by atoms with Gasteiger partial charge in [-0.05, 0) is 43.5 Å². The third-order valence-corrected chi connectivity index (χ3v) is 5.27. The van der Waals surface area contributed by atoms with Crippen LogP contribution in [0.5, 0.6) is 0 Å².